The monoisotopic (exact) mass is 371 g/mol. The van der Waals surface area contributed by atoms with Gasteiger partial charge in [0.05, 0.1) is 11.1 Å². The van der Waals surface area contributed by atoms with Crippen LogP contribution in [0.25, 0.3) is 0 Å². The van der Waals surface area contributed by atoms with E-state index in [2.05, 4.69) is 10.2 Å². The Labute approximate surface area is 160 Å². The summed E-state index contributed by atoms with van der Waals surface area (Å²) in [4.78, 5) is 40.4. The van der Waals surface area contributed by atoms with Crippen LogP contribution in [0.4, 0.5) is 0 Å². The van der Waals surface area contributed by atoms with E-state index in [1.54, 1.807) is 12.1 Å². The molecule has 0 bridgehead atoms. The highest BCUT2D eigenvalue weighted by Crippen LogP contribution is 2.24. The molecule has 2 aliphatic rings. The number of carbonyl (C=O) groups is 3. The molecule has 1 N–H and O–H groups in total. The van der Waals surface area contributed by atoms with Crippen molar-refractivity contribution in [3.8, 4) is 0 Å². The summed E-state index contributed by atoms with van der Waals surface area (Å²) in [7, 11) is 0. The molecule has 6 heteroatoms. The fourth-order valence-corrected chi connectivity index (χ4v) is 3.81. The molecule has 0 spiro atoms. The van der Waals surface area contributed by atoms with Crippen LogP contribution in [0, 0.1) is 6.92 Å². The third-order valence-corrected chi connectivity index (χ3v) is 5.33. The maximum absolute atomic E-state index is 12.4. The second-order valence-corrected chi connectivity index (χ2v) is 7.52. The Hall–Kier alpha value is -2.21. The Kier molecular flexibility index (Phi) is 6.61. The Balaban J connectivity index is 1.34. The van der Waals surface area contributed by atoms with Gasteiger partial charge in [-0.25, -0.2) is 0 Å². The van der Waals surface area contributed by atoms with Gasteiger partial charge in [0, 0.05) is 19.5 Å². The van der Waals surface area contributed by atoms with Crippen molar-refractivity contribution in [3.05, 3.63) is 34.9 Å². The van der Waals surface area contributed by atoms with Gasteiger partial charge < -0.3 is 10.2 Å². The molecule has 0 saturated carbocycles. The normalized spacial score (nSPS) is 17.3. The lowest BCUT2D eigenvalue weighted by Gasteiger charge is -2.26. The Bertz CT molecular complexity index is 711. The highest BCUT2D eigenvalue weighted by molar-refractivity contribution is 6.21. The summed E-state index contributed by atoms with van der Waals surface area (Å²) in [6.07, 6.45) is 5.68. The van der Waals surface area contributed by atoms with Gasteiger partial charge in [-0.1, -0.05) is 18.1 Å². The standard InChI is InChI=1S/C21H29N3O3/c1-16-8-9-17-18(15-16)21(27)24(20(17)26)14-5-7-19(25)22-10-6-13-23-11-3-2-4-12-23/h8-9,15H,2-7,10-14H2,1H3,(H,22,25). The van der Waals surface area contributed by atoms with Crippen molar-refractivity contribution in [1.29, 1.82) is 0 Å². The molecule has 3 amide bonds. The number of hydrogen-bond acceptors (Lipinski definition) is 4. The van der Waals surface area contributed by atoms with Gasteiger partial charge in [0.15, 0.2) is 0 Å². The first-order chi connectivity index (χ1) is 13.1. The fraction of sp³-hybridized carbons (Fsp3) is 0.571. The van der Waals surface area contributed by atoms with Crippen molar-refractivity contribution >= 4 is 17.7 Å². The minimum atomic E-state index is -0.253. The van der Waals surface area contributed by atoms with E-state index < -0.39 is 0 Å². The van der Waals surface area contributed by atoms with Crippen molar-refractivity contribution in [1.82, 2.24) is 15.1 Å². The van der Waals surface area contributed by atoms with E-state index in [9.17, 15) is 14.4 Å². The second kappa shape index (κ2) is 9.13. The molecular formula is C21H29N3O3. The third-order valence-electron chi connectivity index (χ3n) is 5.33. The number of piperidine rings is 1. The van der Waals surface area contributed by atoms with Crippen LogP contribution in [0.15, 0.2) is 18.2 Å². The van der Waals surface area contributed by atoms with E-state index >= 15 is 0 Å². The lowest BCUT2D eigenvalue weighted by molar-refractivity contribution is -0.121. The van der Waals surface area contributed by atoms with Crippen LogP contribution in [0.5, 0.6) is 0 Å². The molecule has 6 nitrogen and oxygen atoms in total. The van der Waals surface area contributed by atoms with Crippen molar-refractivity contribution in [2.75, 3.05) is 32.7 Å². The molecule has 3 rings (SSSR count). The number of nitrogens with one attached hydrogen (secondary N) is 1. The van der Waals surface area contributed by atoms with E-state index in [1.165, 1.54) is 37.3 Å². The maximum atomic E-state index is 12.4. The predicted molar refractivity (Wildman–Crippen MR) is 104 cm³/mol. The minimum absolute atomic E-state index is 0.0129. The van der Waals surface area contributed by atoms with Gasteiger partial charge >= 0.3 is 0 Å². The summed E-state index contributed by atoms with van der Waals surface area (Å²) in [5, 5.41) is 2.94. The quantitative estimate of drug-likeness (QED) is 0.563. The molecular weight excluding hydrogens is 342 g/mol. The largest absolute Gasteiger partial charge is 0.356 e. The van der Waals surface area contributed by atoms with Crippen LogP contribution in [-0.2, 0) is 4.79 Å². The first kappa shape index (κ1) is 19.5. The van der Waals surface area contributed by atoms with E-state index in [-0.39, 0.29) is 24.3 Å². The van der Waals surface area contributed by atoms with Crippen LogP contribution >= 0.6 is 0 Å². The summed E-state index contributed by atoms with van der Waals surface area (Å²) in [5.41, 5.74) is 1.90. The fourth-order valence-electron chi connectivity index (χ4n) is 3.81. The summed E-state index contributed by atoms with van der Waals surface area (Å²) in [5.74, 6) is -0.515. The second-order valence-electron chi connectivity index (χ2n) is 7.52. The molecule has 27 heavy (non-hydrogen) atoms. The van der Waals surface area contributed by atoms with Crippen molar-refractivity contribution in [3.63, 3.8) is 0 Å². The van der Waals surface area contributed by atoms with Gasteiger partial charge in [-0.3, -0.25) is 19.3 Å². The molecule has 0 aromatic heterocycles. The van der Waals surface area contributed by atoms with Crippen LogP contribution in [-0.4, -0.2) is 60.2 Å². The van der Waals surface area contributed by atoms with Gasteiger partial charge in [0.1, 0.15) is 0 Å². The average Bonchev–Trinajstić information content (AvgIpc) is 2.90. The SMILES string of the molecule is Cc1ccc2c(c1)C(=O)N(CCCC(=O)NCCCN1CCCCC1)C2=O. The number of amides is 3. The van der Waals surface area contributed by atoms with E-state index in [1.807, 2.05) is 13.0 Å². The zero-order valence-corrected chi connectivity index (χ0v) is 16.1. The smallest absolute Gasteiger partial charge is 0.261 e. The molecule has 1 aromatic carbocycles. The van der Waals surface area contributed by atoms with Crippen molar-refractivity contribution in [2.24, 2.45) is 0 Å². The molecule has 146 valence electrons. The number of imide groups is 1. The van der Waals surface area contributed by atoms with E-state index in [4.69, 9.17) is 0 Å². The summed E-state index contributed by atoms with van der Waals surface area (Å²) in [6, 6.07) is 5.30. The number of benzene rings is 1. The number of aryl methyl sites for hydroxylation is 1. The number of carbonyl (C=O) groups excluding carboxylic acids is 3. The molecule has 1 fully saturated rings. The Morgan fingerprint density at radius 1 is 1.00 bits per heavy atom. The van der Waals surface area contributed by atoms with Gasteiger partial charge in [0.2, 0.25) is 5.91 Å². The van der Waals surface area contributed by atoms with Gasteiger partial charge in [0.25, 0.3) is 11.8 Å². The van der Waals surface area contributed by atoms with Gasteiger partial charge in [-0.2, -0.15) is 0 Å². The Morgan fingerprint density at radius 3 is 2.52 bits per heavy atom. The van der Waals surface area contributed by atoms with Crippen molar-refractivity contribution < 1.29 is 14.4 Å². The predicted octanol–water partition coefficient (Wildman–Crippen LogP) is 2.36. The lowest BCUT2D eigenvalue weighted by atomic mass is 10.1. The molecule has 2 aliphatic heterocycles. The zero-order valence-electron chi connectivity index (χ0n) is 16.1. The number of likely N-dealkylation sites (tertiary alicyclic amines) is 1. The summed E-state index contributed by atoms with van der Waals surface area (Å²) in [6.45, 7) is 6.25. The first-order valence-corrected chi connectivity index (χ1v) is 10.0. The lowest BCUT2D eigenvalue weighted by Crippen LogP contribution is -2.34. The Morgan fingerprint density at radius 2 is 1.74 bits per heavy atom. The van der Waals surface area contributed by atoms with Crippen LogP contribution in [0.2, 0.25) is 0 Å². The molecule has 0 unspecified atom stereocenters. The summed E-state index contributed by atoms with van der Waals surface area (Å²) < 4.78 is 0. The number of rotatable bonds is 8. The number of nitrogens with zero attached hydrogens (tertiary/aromatic N) is 2. The highest BCUT2D eigenvalue weighted by atomic mass is 16.2. The van der Waals surface area contributed by atoms with Gasteiger partial charge in [-0.05, 0) is 64.4 Å². The van der Waals surface area contributed by atoms with Crippen LogP contribution in [0.3, 0.4) is 0 Å². The van der Waals surface area contributed by atoms with E-state index in [0.717, 1.165) is 18.5 Å². The van der Waals surface area contributed by atoms with Crippen LogP contribution < -0.4 is 5.32 Å². The highest BCUT2D eigenvalue weighted by Gasteiger charge is 2.34. The number of fused-ring (bicyclic) bond motifs is 1. The zero-order chi connectivity index (χ0) is 19.2. The van der Waals surface area contributed by atoms with Crippen LogP contribution in [0.1, 0.15) is 64.8 Å². The first-order valence-electron chi connectivity index (χ1n) is 10.0. The van der Waals surface area contributed by atoms with E-state index in [0.29, 0.717) is 30.5 Å². The molecule has 2 heterocycles. The summed E-state index contributed by atoms with van der Waals surface area (Å²) >= 11 is 0. The molecule has 1 saturated heterocycles. The molecule has 0 radical (unpaired) electrons. The molecule has 1 aromatic rings. The average molecular weight is 371 g/mol. The molecule has 0 aliphatic carbocycles. The molecule has 0 atom stereocenters. The van der Waals surface area contributed by atoms with Gasteiger partial charge in [-0.15, -0.1) is 0 Å². The maximum Gasteiger partial charge on any atom is 0.261 e. The topological polar surface area (TPSA) is 69.7 Å². The number of hydrogen-bond donors (Lipinski definition) is 1. The third kappa shape index (κ3) is 4.95. The minimum Gasteiger partial charge on any atom is -0.356 e. The van der Waals surface area contributed by atoms with Crippen molar-refractivity contribution in [2.45, 2.75) is 45.4 Å².